The number of carbonyl (C=O) groups is 1. The van der Waals surface area contributed by atoms with Crippen molar-refractivity contribution in [2.75, 3.05) is 18.0 Å². The zero-order valence-corrected chi connectivity index (χ0v) is 16.9. The first-order valence-corrected chi connectivity index (χ1v) is 10.3. The highest BCUT2D eigenvalue weighted by atomic mass is 32.2. The average molecular weight is 391 g/mol. The molecule has 0 fully saturated rings. The van der Waals surface area contributed by atoms with Crippen LogP contribution in [0.3, 0.4) is 0 Å². The molecule has 2 aromatic rings. The maximum atomic E-state index is 12.4. The molecule has 0 heterocycles. The van der Waals surface area contributed by atoms with Gasteiger partial charge in [0, 0.05) is 25.7 Å². The van der Waals surface area contributed by atoms with Crippen molar-refractivity contribution in [1.29, 1.82) is 0 Å². The minimum absolute atomic E-state index is 0.0655. The number of amides is 1. The summed E-state index contributed by atoms with van der Waals surface area (Å²) in [7, 11) is -3.61. The first kappa shape index (κ1) is 20.9. The van der Waals surface area contributed by atoms with Crippen LogP contribution in [-0.4, -0.2) is 33.5 Å². The molecular weight excluding hydrogens is 364 g/mol. The fourth-order valence-electron chi connectivity index (χ4n) is 2.60. The zero-order valence-electron chi connectivity index (χ0n) is 16.1. The quantitative estimate of drug-likeness (QED) is 0.751. The lowest BCUT2D eigenvalue weighted by Crippen LogP contribution is -2.37. The standard InChI is InChI=1S/C20H26N2O4S/c1-15(2)26-19-10-8-18(9-11-19)22(17(4)23)13-12-21-27(24,25)20-7-5-6-16(3)14-20/h5-11,14-15,21H,12-13H2,1-4H3. The number of sulfonamides is 1. The highest BCUT2D eigenvalue weighted by Gasteiger charge is 2.16. The van der Waals surface area contributed by atoms with E-state index in [0.717, 1.165) is 11.3 Å². The molecule has 27 heavy (non-hydrogen) atoms. The van der Waals surface area contributed by atoms with Gasteiger partial charge in [0.1, 0.15) is 5.75 Å². The number of aryl methyl sites for hydroxylation is 1. The van der Waals surface area contributed by atoms with Crippen molar-refractivity contribution in [2.45, 2.75) is 38.7 Å². The number of rotatable bonds is 8. The number of nitrogens with one attached hydrogen (secondary N) is 1. The molecule has 0 aliphatic carbocycles. The summed E-state index contributed by atoms with van der Waals surface area (Å²) in [5, 5.41) is 0. The van der Waals surface area contributed by atoms with Gasteiger partial charge in [-0.2, -0.15) is 0 Å². The highest BCUT2D eigenvalue weighted by molar-refractivity contribution is 7.89. The van der Waals surface area contributed by atoms with Gasteiger partial charge in [-0.25, -0.2) is 13.1 Å². The molecule has 1 N–H and O–H groups in total. The maximum absolute atomic E-state index is 12.4. The van der Waals surface area contributed by atoms with Gasteiger partial charge in [0.15, 0.2) is 0 Å². The number of ether oxygens (including phenoxy) is 1. The topological polar surface area (TPSA) is 75.7 Å². The van der Waals surface area contributed by atoms with E-state index in [4.69, 9.17) is 4.74 Å². The molecule has 6 nitrogen and oxygen atoms in total. The fraction of sp³-hybridized carbons (Fsp3) is 0.350. The van der Waals surface area contributed by atoms with Gasteiger partial charge in [-0.15, -0.1) is 0 Å². The van der Waals surface area contributed by atoms with Gasteiger partial charge in [-0.3, -0.25) is 4.79 Å². The summed E-state index contributed by atoms with van der Waals surface area (Å²) in [5.74, 6) is 0.555. The van der Waals surface area contributed by atoms with Crippen molar-refractivity contribution in [1.82, 2.24) is 4.72 Å². The number of carbonyl (C=O) groups excluding carboxylic acids is 1. The van der Waals surface area contributed by atoms with Gasteiger partial charge in [-0.1, -0.05) is 12.1 Å². The number of benzene rings is 2. The van der Waals surface area contributed by atoms with Crippen molar-refractivity contribution in [3.63, 3.8) is 0 Å². The van der Waals surface area contributed by atoms with Crippen LogP contribution in [-0.2, 0) is 14.8 Å². The second kappa shape index (κ2) is 9.01. The van der Waals surface area contributed by atoms with Crippen LogP contribution in [0.2, 0.25) is 0 Å². The lowest BCUT2D eigenvalue weighted by Gasteiger charge is -2.22. The molecule has 0 bridgehead atoms. The van der Waals surface area contributed by atoms with Crippen molar-refractivity contribution in [3.05, 3.63) is 54.1 Å². The van der Waals surface area contributed by atoms with Gasteiger partial charge < -0.3 is 9.64 Å². The van der Waals surface area contributed by atoms with Gasteiger partial charge >= 0.3 is 0 Å². The van der Waals surface area contributed by atoms with Crippen molar-refractivity contribution < 1.29 is 17.9 Å². The first-order valence-electron chi connectivity index (χ1n) is 8.80. The Kier molecular flexibility index (Phi) is 6.98. The molecular formula is C20H26N2O4S. The van der Waals surface area contributed by atoms with E-state index < -0.39 is 10.0 Å². The van der Waals surface area contributed by atoms with E-state index >= 15 is 0 Å². The second-order valence-corrected chi connectivity index (χ2v) is 8.31. The summed E-state index contributed by atoms with van der Waals surface area (Å²) >= 11 is 0. The van der Waals surface area contributed by atoms with E-state index in [1.165, 1.54) is 11.8 Å². The molecule has 0 saturated heterocycles. The molecule has 0 aliphatic rings. The summed E-state index contributed by atoms with van der Waals surface area (Å²) in [6.45, 7) is 7.51. The predicted octanol–water partition coefficient (Wildman–Crippen LogP) is 3.11. The molecule has 2 rings (SSSR count). The Morgan fingerprint density at radius 2 is 1.81 bits per heavy atom. The molecule has 0 spiro atoms. The molecule has 0 unspecified atom stereocenters. The molecule has 0 aliphatic heterocycles. The SMILES string of the molecule is CC(=O)N(CCNS(=O)(=O)c1cccc(C)c1)c1ccc(OC(C)C)cc1. The van der Waals surface area contributed by atoms with E-state index in [2.05, 4.69) is 4.72 Å². The van der Waals surface area contributed by atoms with Gasteiger partial charge in [0.2, 0.25) is 15.9 Å². The third-order valence-electron chi connectivity index (χ3n) is 3.83. The third-order valence-corrected chi connectivity index (χ3v) is 5.29. The Balaban J connectivity index is 2.03. The first-order chi connectivity index (χ1) is 12.7. The second-order valence-electron chi connectivity index (χ2n) is 6.55. The zero-order chi connectivity index (χ0) is 20.0. The summed E-state index contributed by atoms with van der Waals surface area (Å²) in [4.78, 5) is 13.7. The summed E-state index contributed by atoms with van der Waals surface area (Å²) in [6.07, 6.45) is 0.0655. The number of anilines is 1. The Morgan fingerprint density at radius 1 is 1.15 bits per heavy atom. The Bertz CT molecular complexity index is 877. The summed E-state index contributed by atoms with van der Waals surface area (Å²) in [6, 6.07) is 13.9. The fourth-order valence-corrected chi connectivity index (χ4v) is 3.73. The van der Waals surface area contributed by atoms with E-state index in [0.29, 0.717) is 5.69 Å². The van der Waals surface area contributed by atoms with E-state index in [1.807, 2.05) is 26.8 Å². The van der Waals surface area contributed by atoms with Crippen LogP contribution in [0.5, 0.6) is 5.75 Å². The van der Waals surface area contributed by atoms with E-state index in [-0.39, 0.29) is 30.0 Å². The number of hydrogen-bond acceptors (Lipinski definition) is 4. The molecule has 1 amide bonds. The van der Waals surface area contributed by atoms with Gasteiger partial charge in [-0.05, 0) is 62.7 Å². The van der Waals surface area contributed by atoms with Crippen LogP contribution in [0.15, 0.2) is 53.4 Å². The van der Waals surface area contributed by atoms with Crippen LogP contribution in [0.4, 0.5) is 5.69 Å². The van der Waals surface area contributed by atoms with Crippen LogP contribution in [0, 0.1) is 6.92 Å². The molecule has 0 atom stereocenters. The normalized spacial score (nSPS) is 11.4. The smallest absolute Gasteiger partial charge is 0.240 e. The molecule has 146 valence electrons. The summed E-state index contributed by atoms with van der Waals surface area (Å²) < 4.78 is 32.9. The van der Waals surface area contributed by atoms with Crippen LogP contribution in [0.1, 0.15) is 26.3 Å². The minimum atomic E-state index is -3.61. The highest BCUT2D eigenvalue weighted by Crippen LogP contribution is 2.20. The van der Waals surface area contributed by atoms with Crippen LogP contribution >= 0.6 is 0 Å². The van der Waals surface area contributed by atoms with E-state index in [1.54, 1.807) is 42.5 Å². The molecule has 0 radical (unpaired) electrons. The summed E-state index contributed by atoms with van der Waals surface area (Å²) in [5.41, 5.74) is 1.56. The molecule has 0 saturated carbocycles. The largest absolute Gasteiger partial charge is 0.491 e. The Hall–Kier alpha value is -2.38. The van der Waals surface area contributed by atoms with Crippen LogP contribution < -0.4 is 14.4 Å². The average Bonchev–Trinajstić information content (AvgIpc) is 2.59. The van der Waals surface area contributed by atoms with Crippen molar-refractivity contribution in [3.8, 4) is 5.75 Å². The van der Waals surface area contributed by atoms with Crippen molar-refractivity contribution in [2.24, 2.45) is 0 Å². The van der Waals surface area contributed by atoms with Gasteiger partial charge in [0.25, 0.3) is 0 Å². The predicted molar refractivity (Wildman–Crippen MR) is 107 cm³/mol. The Labute approximate surface area is 161 Å². The number of nitrogens with zero attached hydrogens (tertiary/aromatic N) is 1. The van der Waals surface area contributed by atoms with Crippen molar-refractivity contribution >= 4 is 21.6 Å². The monoisotopic (exact) mass is 390 g/mol. The molecule has 7 heteroatoms. The lowest BCUT2D eigenvalue weighted by molar-refractivity contribution is -0.116. The Morgan fingerprint density at radius 3 is 2.37 bits per heavy atom. The maximum Gasteiger partial charge on any atom is 0.240 e. The van der Waals surface area contributed by atoms with Crippen LogP contribution in [0.25, 0.3) is 0 Å². The number of hydrogen-bond donors (Lipinski definition) is 1. The third kappa shape index (κ3) is 6.08. The van der Waals surface area contributed by atoms with E-state index in [9.17, 15) is 13.2 Å². The lowest BCUT2D eigenvalue weighted by atomic mass is 10.2. The van der Waals surface area contributed by atoms with Gasteiger partial charge in [0.05, 0.1) is 11.0 Å². The minimum Gasteiger partial charge on any atom is -0.491 e. The molecule has 0 aromatic heterocycles. The molecule has 2 aromatic carbocycles.